The average molecular weight is 475 g/mol. The number of benzene rings is 3. The number of aromatic amines is 1. The van der Waals surface area contributed by atoms with Gasteiger partial charge in [-0.25, -0.2) is 0 Å². The van der Waals surface area contributed by atoms with Crippen LogP contribution >= 0.6 is 0 Å². The molecule has 0 amide bonds. The molecule has 2 heterocycles. The number of H-pyrrole nitrogens is 1. The molecular weight excluding hydrogens is 440 g/mol. The van der Waals surface area contributed by atoms with Gasteiger partial charge in [0, 0.05) is 36.7 Å². The number of rotatable bonds is 8. The molecule has 1 aliphatic rings. The number of likely N-dealkylation sites (tertiary alicyclic amines) is 1. The number of β-amino-alcohol motifs (C(OH)–C–C–N with tert-alkyl or cyclic N) is 1. The Morgan fingerprint density at radius 1 is 1.00 bits per heavy atom. The molecule has 3 aromatic carbocycles. The summed E-state index contributed by atoms with van der Waals surface area (Å²) in [5.74, 6) is 1.63. The van der Waals surface area contributed by atoms with Crippen LogP contribution in [0.15, 0.2) is 66.9 Å². The van der Waals surface area contributed by atoms with Crippen molar-refractivity contribution in [3.63, 3.8) is 0 Å². The predicted octanol–water partition coefficient (Wildman–Crippen LogP) is 4.83. The lowest BCUT2D eigenvalue weighted by Gasteiger charge is -2.39. The number of hydrogen-bond donors (Lipinski definition) is 3. The molecule has 1 atom stereocenters. The first kappa shape index (κ1) is 23.7. The third kappa shape index (κ3) is 5.30. The second kappa shape index (κ2) is 9.90. The predicted molar refractivity (Wildman–Crippen MR) is 139 cm³/mol. The third-order valence-corrected chi connectivity index (χ3v) is 6.86. The zero-order valence-corrected chi connectivity index (χ0v) is 20.4. The van der Waals surface area contributed by atoms with Gasteiger partial charge in [-0.1, -0.05) is 24.3 Å². The van der Waals surface area contributed by atoms with Crippen molar-refractivity contribution in [1.29, 1.82) is 0 Å². The Kier molecular flexibility index (Phi) is 6.69. The van der Waals surface area contributed by atoms with Gasteiger partial charge in [0.25, 0.3) is 0 Å². The quantitative estimate of drug-likeness (QED) is 0.341. The first-order valence-corrected chi connectivity index (χ1v) is 12.4. The molecule has 1 aromatic heterocycles. The molecule has 1 fully saturated rings. The van der Waals surface area contributed by atoms with E-state index >= 15 is 0 Å². The highest BCUT2D eigenvalue weighted by molar-refractivity contribution is 5.86. The number of fused-ring (bicyclic) bond motifs is 2. The molecule has 35 heavy (non-hydrogen) atoms. The molecule has 5 rings (SSSR count). The molecule has 3 N–H and O–H groups in total. The second-order valence-corrected chi connectivity index (χ2v) is 9.88. The van der Waals surface area contributed by atoms with E-state index in [1.807, 2.05) is 62.5 Å². The smallest absolute Gasteiger partial charge is 0.128 e. The molecule has 4 aromatic rings. The molecular formula is C29H34N2O4. The van der Waals surface area contributed by atoms with Crippen LogP contribution in [0.5, 0.6) is 11.5 Å². The van der Waals surface area contributed by atoms with E-state index in [9.17, 15) is 10.2 Å². The molecule has 0 bridgehead atoms. The molecule has 0 aliphatic carbocycles. The highest BCUT2D eigenvalue weighted by atomic mass is 16.5. The van der Waals surface area contributed by atoms with Crippen molar-refractivity contribution in [3.8, 4) is 11.5 Å². The van der Waals surface area contributed by atoms with Crippen LogP contribution in [-0.4, -0.2) is 58.5 Å². The van der Waals surface area contributed by atoms with Crippen molar-refractivity contribution in [2.75, 3.05) is 26.2 Å². The van der Waals surface area contributed by atoms with Crippen LogP contribution in [0.1, 0.15) is 32.3 Å². The first-order chi connectivity index (χ1) is 16.9. The number of aromatic nitrogens is 1. The van der Waals surface area contributed by atoms with Crippen LogP contribution in [0, 0.1) is 0 Å². The highest BCUT2D eigenvalue weighted by Gasteiger charge is 2.34. The Bertz CT molecular complexity index is 1290. The summed E-state index contributed by atoms with van der Waals surface area (Å²) < 4.78 is 11.7. The standard InChI is InChI=1S/C29H34N2O4/c1-20(2)35-25-9-7-21-16-23(8-6-22(21)17-25)29(33)11-14-31(15-12-29)18-24(32)19-34-28-5-3-4-27-26(28)10-13-30-27/h3-10,13,16-17,20,24,30,32-33H,11-12,14-15,18-19H2,1-2H3/t24-/m0/s1. The molecule has 184 valence electrons. The summed E-state index contributed by atoms with van der Waals surface area (Å²) in [5, 5.41) is 25.2. The maximum atomic E-state index is 11.4. The summed E-state index contributed by atoms with van der Waals surface area (Å²) in [6, 6.07) is 20.1. The van der Waals surface area contributed by atoms with Gasteiger partial charge in [-0.2, -0.15) is 0 Å². The van der Waals surface area contributed by atoms with Gasteiger partial charge in [0.1, 0.15) is 24.2 Å². The molecule has 0 unspecified atom stereocenters. The van der Waals surface area contributed by atoms with Crippen LogP contribution in [0.4, 0.5) is 0 Å². The van der Waals surface area contributed by atoms with Crippen LogP contribution < -0.4 is 9.47 Å². The molecule has 1 saturated heterocycles. The summed E-state index contributed by atoms with van der Waals surface area (Å²) in [6.07, 6.45) is 2.68. The minimum atomic E-state index is -0.858. The van der Waals surface area contributed by atoms with Gasteiger partial charge in [-0.3, -0.25) is 0 Å². The van der Waals surface area contributed by atoms with E-state index in [2.05, 4.69) is 28.1 Å². The number of nitrogens with zero attached hydrogens (tertiary/aromatic N) is 1. The van der Waals surface area contributed by atoms with Gasteiger partial charge >= 0.3 is 0 Å². The Hall–Kier alpha value is -3.06. The van der Waals surface area contributed by atoms with Crippen LogP contribution in [0.3, 0.4) is 0 Å². The van der Waals surface area contributed by atoms with Crippen molar-refractivity contribution >= 4 is 21.7 Å². The SMILES string of the molecule is CC(C)Oc1ccc2cc(C3(O)CCN(C[C@H](O)COc4cccc5[nH]ccc45)CC3)ccc2c1. The largest absolute Gasteiger partial charge is 0.491 e. The lowest BCUT2D eigenvalue weighted by atomic mass is 9.83. The van der Waals surface area contributed by atoms with Crippen molar-refractivity contribution in [3.05, 3.63) is 72.4 Å². The number of piperidine rings is 1. The number of aliphatic hydroxyl groups excluding tert-OH is 1. The summed E-state index contributed by atoms with van der Waals surface area (Å²) >= 11 is 0. The summed E-state index contributed by atoms with van der Waals surface area (Å²) in [5.41, 5.74) is 1.11. The number of ether oxygens (including phenoxy) is 2. The molecule has 0 spiro atoms. The lowest BCUT2D eigenvalue weighted by molar-refractivity contribution is -0.0371. The van der Waals surface area contributed by atoms with Crippen molar-refractivity contribution in [1.82, 2.24) is 9.88 Å². The van der Waals surface area contributed by atoms with E-state index in [-0.39, 0.29) is 12.7 Å². The Labute approximate surface area is 206 Å². The minimum absolute atomic E-state index is 0.135. The van der Waals surface area contributed by atoms with Gasteiger partial charge in [0.05, 0.1) is 11.7 Å². The van der Waals surface area contributed by atoms with Gasteiger partial charge in [-0.05, 0) is 79.4 Å². The summed E-state index contributed by atoms with van der Waals surface area (Å²) in [7, 11) is 0. The molecule has 6 nitrogen and oxygen atoms in total. The lowest BCUT2D eigenvalue weighted by Crippen LogP contribution is -2.46. The summed E-state index contributed by atoms with van der Waals surface area (Å²) in [4.78, 5) is 5.38. The van der Waals surface area contributed by atoms with E-state index in [0.29, 0.717) is 19.4 Å². The first-order valence-electron chi connectivity index (χ1n) is 12.4. The van der Waals surface area contributed by atoms with E-state index < -0.39 is 11.7 Å². The van der Waals surface area contributed by atoms with Gasteiger partial charge in [0.15, 0.2) is 0 Å². The molecule has 6 heteroatoms. The average Bonchev–Trinajstić information content (AvgIpc) is 3.33. The van der Waals surface area contributed by atoms with Gasteiger partial charge < -0.3 is 29.6 Å². The Balaban J connectivity index is 1.16. The normalized spacial score (nSPS) is 17.2. The van der Waals surface area contributed by atoms with E-state index in [0.717, 1.165) is 51.8 Å². The number of hydrogen-bond acceptors (Lipinski definition) is 5. The zero-order valence-electron chi connectivity index (χ0n) is 20.4. The fourth-order valence-corrected chi connectivity index (χ4v) is 4.97. The molecule has 0 saturated carbocycles. The van der Waals surface area contributed by atoms with Crippen molar-refractivity contribution in [2.24, 2.45) is 0 Å². The molecule has 0 radical (unpaired) electrons. The van der Waals surface area contributed by atoms with Crippen molar-refractivity contribution in [2.45, 2.75) is 44.5 Å². The summed E-state index contributed by atoms with van der Waals surface area (Å²) in [6.45, 7) is 6.24. The van der Waals surface area contributed by atoms with E-state index in [1.165, 1.54) is 0 Å². The molecule has 1 aliphatic heterocycles. The highest BCUT2D eigenvalue weighted by Crippen LogP contribution is 2.35. The fraction of sp³-hybridized carbons (Fsp3) is 0.379. The fourth-order valence-electron chi connectivity index (χ4n) is 4.97. The topological polar surface area (TPSA) is 78.0 Å². The van der Waals surface area contributed by atoms with Gasteiger partial charge in [-0.15, -0.1) is 0 Å². The van der Waals surface area contributed by atoms with Crippen LogP contribution in [-0.2, 0) is 5.60 Å². The maximum absolute atomic E-state index is 11.4. The van der Waals surface area contributed by atoms with Crippen LogP contribution in [0.25, 0.3) is 21.7 Å². The Morgan fingerprint density at radius 2 is 1.77 bits per heavy atom. The third-order valence-electron chi connectivity index (χ3n) is 6.86. The van der Waals surface area contributed by atoms with E-state index in [4.69, 9.17) is 9.47 Å². The second-order valence-electron chi connectivity index (χ2n) is 9.88. The van der Waals surface area contributed by atoms with E-state index in [1.54, 1.807) is 0 Å². The van der Waals surface area contributed by atoms with Crippen LogP contribution in [0.2, 0.25) is 0 Å². The minimum Gasteiger partial charge on any atom is -0.491 e. The number of nitrogens with one attached hydrogen (secondary N) is 1. The number of aliphatic hydroxyl groups is 2. The van der Waals surface area contributed by atoms with Gasteiger partial charge in [0.2, 0.25) is 0 Å². The van der Waals surface area contributed by atoms with Crippen molar-refractivity contribution < 1.29 is 19.7 Å². The monoisotopic (exact) mass is 474 g/mol. The zero-order chi connectivity index (χ0) is 24.4. The Morgan fingerprint density at radius 3 is 2.57 bits per heavy atom. The maximum Gasteiger partial charge on any atom is 0.128 e.